The Morgan fingerprint density at radius 1 is 1.43 bits per heavy atom. The van der Waals surface area contributed by atoms with Crippen molar-refractivity contribution >= 4 is 21.5 Å². The number of carboxylic acids is 1. The predicted molar refractivity (Wildman–Crippen MR) is 50.5 cm³/mol. The van der Waals surface area contributed by atoms with Crippen molar-refractivity contribution in [3.63, 3.8) is 0 Å². The van der Waals surface area contributed by atoms with Crippen molar-refractivity contribution in [2.24, 2.45) is 0 Å². The molecule has 0 aliphatic rings. The highest BCUT2D eigenvalue weighted by atomic mass is 32.2. The summed E-state index contributed by atoms with van der Waals surface area (Å²) in [7, 11) is -3.76. The summed E-state index contributed by atoms with van der Waals surface area (Å²) in [5.41, 5.74) is 5.66. The molecule has 1 rings (SSSR count). The highest BCUT2D eigenvalue weighted by Gasteiger charge is 2.18. The van der Waals surface area contributed by atoms with Crippen LogP contribution in [0.15, 0.2) is 29.2 Å². The molecule has 5 nitrogen and oxygen atoms in total. The first-order valence-electron chi connectivity index (χ1n) is 3.72. The number of aliphatic carboxylic acids is 1. The van der Waals surface area contributed by atoms with Crippen LogP contribution >= 0.6 is 0 Å². The maximum absolute atomic E-state index is 11.4. The van der Waals surface area contributed by atoms with Crippen molar-refractivity contribution in [1.29, 1.82) is 0 Å². The molecule has 0 spiro atoms. The summed E-state index contributed by atoms with van der Waals surface area (Å²) >= 11 is 0. The van der Waals surface area contributed by atoms with E-state index >= 15 is 0 Å². The molecule has 0 aromatic heterocycles. The zero-order chi connectivity index (χ0) is 10.8. The lowest BCUT2D eigenvalue weighted by molar-refractivity contribution is -0.134. The quantitative estimate of drug-likeness (QED) is 0.698. The molecule has 0 radical (unpaired) electrons. The van der Waals surface area contributed by atoms with E-state index < -0.39 is 21.6 Å². The number of benzene rings is 1. The molecule has 6 heteroatoms. The second-order valence-electron chi connectivity index (χ2n) is 2.73. The van der Waals surface area contributed by atoms with Gasteiger partial charge in [0.25, 0.3) is 0 Å². The first kappa shape index (κ1) is 10.5. The summed E-state index contributed by atoms with van der Waals surface area (Å²) in [5.74, 6) is -2.30. The van der Waals surface area contributed by atoms with Gasteiger partial charge >= 0.3 is 5.97 Å². The van der Waals surface area contributed by atoms with Crippen LogP contribution in [0.1, 0.15) is 0 Å². The standard InChI is InChI=1S/C8H9NO4S/c9-6-2-1-3-7(4-6)14(12,13)5-8(10)11/h1-4H,5,9H2,(H,10,11). The molecule has 14 heavy (non-hydrogen) atoms. The summed E-state index contributed by atoms with van der Waals surface area (Å²) in [6.07, 6.45) is 0. The Balaban J connectivity index is 3.11. The molecule has 0 bridgehead atoms. The van der Waals surface area contributed by atoms with E-state index in [1.165, 1.54) is 24.3 Å². The van der Waals surface area contributed by atoms with E-state index in [-0.39, 0.29) is 10.6 Å². The molecule has 0 heterocycles. The van der Waals surface area contributed by atoms with E-state index in [2.05, 4.69) is 0 Å². The van der Waals surface area contributed by atoms with Crippen LogP contribution in [0.3, 0.4) is 0 Å². The molecule has 0 saturated heterocycles. The Kier molecular flexibility index (Phi) is 2.76. The highest BCUT2D eigenvalue weighted by Crippen LogP contribution is 2.14. The summed E-state index contributed by atoms with van der Waals surface area (Å²) in [6, 6.07) is 5.54. The first-order valence-corrected chi connectivity index (χ1v) is 5.37. The van der Waals surface area contributed by atoms with Gasteiger partial charge in [-0.1, -0.05) is 6.07 Å². The van der Waals surface area contributed by atoms with Crippen LogP contribution in [0, 0.1) is 0 Å². The second kappa shape index (κ2) is 3.67. The predicted octanol–water partition coefficient (Wildman–Crippen LogP) is 0.127. The van der Waals surface area contributed by atoms with E-state index in [0.29, 0.717) is 0 Å². The Bertz CT molecular complexity index is 452. The highest BCUT2D eigenvalue weighted by molar-refractivity contribution is 7.92. The van der Waals surface area contributed by atoms with Gasteiger partial charge in [0.1, 0.15) is 0 Å². The lowest BCUT2D eigenvalue weighted by atomic mass is 10.3. The lowest BCUT2D eigenvalue weighted by Crippen LogP contribution is -2.15. The number of hydrogen-bond donors (Lipinski definition) is 2. The molecule has 3 N–H and O–H groups in total. The van der Waals surface area contributed by atoms with E-state index in [9.17, 15) is 13.2 Å². The minimum absolute atomic E-state index is 0.0695. The summed E-state index contributed by atoms with van der Waals surface area (Å²) in [4.78, 5) is 10.2. The van der Waals surface area contributed by atoms with Crippen LogP contribution < -0.4 is 5.73 Å². The van der Waals surface area contributed by atoms with Gasteiger partial charge in [-0.3, -0.25) is 4.79 Å². The van der Waals surface area contributed by atoms with Crippen LogP contribution in [0.4, 0.5) is 5.69 Å². The fraction of sp³-hybridized carbons (Fsp3) is 0.125. The number of rotatable bonds is 3. The molecule has 0 saturated carbocycles. The van der Waals surface area contributed by atoms with Gasteiger partial charge in [-0.05, 0) is 18.2 Å². The minimum Gasteiger partial charge on any atom is -0.480 e. The number of anilines is 1. The number of sulfone groups is 1. The Morgan fingerprint density at radius 2 is 2.07 bits per heavy atom. The molecule has 0 atom stereocenters. The molecule has 0 fully saturated rings. The van der Waals surface area contributed by atoms with E-state index in [4.69, 9.17) is 10.8 Å². The van der Waals surface area contributed by atoms with Gasteiger partial charge in [0.05, 0.1) is 4.90 Å². The molecule has 0 aliphatic carbocycles. The largest absolute Gasteiger partial charge is 0.480 e. The van der Waals surface area contributed by atoms with E-state index in [0.717, 1.165) is 0 Å². The van der Waals surface area contributed by atoms with Gasteiger partial charge < -0.3 is 10.8 Å². The Labute approximate surface area is 81.1 Å². The normalized spacial score (nSPS) is 11.1. The van der Waals surface area contributed by atoms with E-state index in [1.54, 1.807) is 0 Å². The van der Waals surface area contributed by atoms with Crippen molar-refractivity contribution in [3.8, 4) is 0 Å². The van der Waals surface area contributed by atoms with Gasteiger partial charge in [-0.2, -0.15) is 0 Å². The monoisotopic (exact) mass is 215 g/mol. The summed E-state index contributed by atoms with van der Waals surface area (Å²) < 4.78 is 22.7. The fourth-order valence-corrected chi connectivity index (χ4v) is 2.05. The number of carboxylic acid groups (broad SMARTS) is 1. The third-order valence-electron chi connectivity index (χ3n) is 1.53. The van der Waals surface area contributed by atoms with Gasteiger partial charge in [0.15, 0.2) is 15.6 Å². The maximum Gasteiger partial charge on any atom is 0.319 e. The van der Waals surface area contributed by atoms with Gasteiger partial charge in [0, 0.05) is 5.69 Å². The lowest BCUT2D eigenvalue weighted by Gasteiger charge is -2.01. The zero-order valence-corrected chi connectivity index (χ0v) is 7.99. The topological polar surface area (TPSA) is 97.5 Å². The zero-order valence-electron chi connectivity index (χ0n) is 7.17. The summed E-state index contributed by atoms with van der Waals surface area (Å²) in [6.45, 7) is 0. The SMILES string of the molecule is Nc1cccc(S(=O)(=O)CC(=O)O)c1. The van der Waals surface area contributed by atoms with Gasteiger partial charge in [-0.25, -0.2) is 8.42 Å². The average molecular weight is 215 g/mol. The number of nitrogens with two attached hydrogens (primary N) is 1. The molecule has 0 unspecified atom stereocenters. The number of hydrogen-bond acceptors (Lipinski definition) is 4. The molecular formula is C8H9NO4S. The average Bonchev–Trinajstić information content (AvgIpc) is 2.01. The van der Waals surface area contributed by atoms with Crippen molar-refractivity contribution in [1.82, 2.24) is 0 Å². The number of carbonyl (C=O) groups is 1. The van der Waals surface area contributed by atoms with Crippen molar-refractivity contribution < 1.29 is 18.3 Å². The van der Waals surface area contributed by atoms with Gasteiger partial charge in [0.2, 0.25) is 0 Å². The van der Waals surface area contributed by atoms with Crippen LogP contribution in [0.25, 0.3) is 0 Å². The van der Waals surface area contributed by atoms with Gasteiger partial charge in [-0.15, -0.1) is 0 Å². The van der Waals surface area contributed by atoms with Crippen LogP contribution in [0.2, 0.25) is 0 Å². The number of nitrogen functional groups attached to an aromatic ring is 1. The second-order valence-corrected chi connectivity index (χ2v) is 4.71. The molecule has 76 valence electrons. The summed E-state index contributed by atoms with van der Waals surface area (Å²) in [5, 5.41) is 8.37. The van der Waals surface area contributed by atoms with Crippen molar-refractivity contribution in [2.45, 2.75) is 4.90 Å². The molecule has 1 aromatic carbocycles. The molecular weight excluding hydrogens is 206 g/mol. The Hall–Kier alpha value is -1.56. The smallest absolute Gasteiger partial charge is 0.319 e. The Morgan fingerprint density at radius 3 is 2.57 bits per heavy atom. The molecule has 1 aromatic rings. The third kappa shape index (κ3) is 2.46. The van der Waals surface area contributed by atoms with Crippen LogP contribution in [-0.4, -0.2) is 25.2 Å². The maximum atomic E-state index is 11.4. The fourth-order valence-electron chi connectivity index (χ4n) is 0.954. The van der Waals surface area contributed by atoms with Crippen LogP contribution in [-0.2, 0) is 14.6 Å². The van der Waals surface area contributed by atoms with Crippen molar-refractivity contribution in [3.05, 3.63) is 24.3 Å². The van der Waals surface area contributed by atoms with E-state index in [1.807, 2.05) is 0 Å². The third-order valence-corrected chi connectivity index (χ3v) is 3.13. The van der Waals surface area contributed by atoms with Crippen molar-refractivity contribution in [2.75, 3.05) is 11.5 Å². The minimum atomic E-state index is -3.76. The molecule has 0 aliphatic heterocycles. The molecule has 0 amide bonds. The van der Waals surface area contributed by atoms with Crippen LogP contribution in [0.5, 0.6) is 0 Å². The first-order chi connectivity index (χ1) is 6.42.